The molecule has 0 nitrogen and oxygen atoms in total. The van der Waals surface area contributed by atoms with Crippen molar-refractivity contribution in [2.24, 2.45) is 5.41 Å². The molecule has 0 aliphatic rings. The Morgan fingerprint density at radius 3 is 2.23 bits per heavy atom. The van der Waals surface area contributed by atoms with Gasteiger partial charge in [-0.05, 0) is 24.7 Å². The van der Waals surface area contributed by atoms with Gasteiger partial charge in [-0.15, -0.1) is 0 Å². The molecule has 0 radical (unpaired) electrons. The van der Waals surface area contributed by atoms with Crippen molar-refractivity contribution >= 4 is 7.85 Å². The molecule has 0 amide bonds. The zero-order chi connectivity index (χ0) is 10.3. The van der Waals surface area contributed by atoms with E-state index >= 15 is 0 Å². The second-order valence-electron chi connectivity index (χ2n) is 5.30. The first kappa shape index (κ1) is 12.8. The summed E-state index contributed by atoms with van der Waals surface area (Å²) in [7, 11) is 2.25. The molecular formula is C12H25B. The van der Waals surface area contributed by atoms with E-state index in [0.717, 1.165) is 0 Å². The van der Waals surface area contributed by atoms with Gasteiger partial charge in [0.05, 0.1) is 0 Å². The Morgan fingerprint density at radius 2 is 1.77 bits per heavy atom. The molecule has 76 valence electrons. The molecule has 0 spiro atoms. The van der Waals surface area contributed by atoms with Crippen molar-refractivity contribution in [2.45, 2.75) is 59.2 Å². The molecule has 0 aromatic carbocycles. The summed E-state index contributed by atoms with van der Waals surface area (Å²) in [5.41, 5.74) is 1.85. The summed E-state index contributed by atoms with van der Waals surface area (Å²) < 4.78 is 0. The van der Waals surface area contributed by atoms with Crippen molar-refractivity contribution < 1.29 is 0 Å². The van der Waals surface area contributed by atoms with E-state index in [-0.39, 0.29) is 0 Å². The number of hydrogen-bond acceptors (Lipinski definition) is 0. The van der Waals surface area contributed by atoms with Crippen molar-refractivity contribution in [2.75, 3.05) is 0 Å². The molecule has 0 rings (SSSR count). The van der Waals surface area contributed by atoms with Crippen LogP contribution in [-0.4, -0.2) is 7.85 Å². The highest BCUT2D eigenvalue weighted by atomic mass is 14.2. The lowest BCUT2D eigenvalue weighted by Gasteiger charge is -2.19. The van der Waals surface area contributed by atoms with E-state index < -0.39 is 0 Å². The maximum absolute atomic E-state index is 4.14. The molecule has 0 aromatic heterocycles. The van der Waals surface area contributed by atoms with Gasteiger partial charge in [-0.2, -0.15) is 0 Å². The summed E-state index contributed by atoms with van der Waals surface area (Å²) in [5, 5.41) is 0. The van der Waals surface area contributed by atoms with Crippen LogP contribution in [-0.2, 0) is 0 Å². The molecule has 0 atom stereocenters. The molecule has 0 heterocycles. The van der Waals surface area contributed by atoms with Crippen molar-refractivity contribution in [1.82, 2.24) is 0 Å². The lowest BCUT2D eigenvalue weighted by molar-refractivity contribution is 0.403. The average Bonchev–Trinajstić information content (AvgIpc) is 1.94. The van der Waals surface area contributed by atoms with E-state index in [4.69, 9.17) is 0 Å². The Labute approximate surface area is 85.2 Å². The molecule has 0 fully saturated rings. The molecular weight excluding hydrogens is 155 g/mol. The van der Waals surface area contributed by atoms with Crippen LogP contribution in [0.3, 0.4) is 0 Å². The molecule has 1 heteroatoms. The van der Waals surface area contributed by atoms with Crippen molar-refractivity contribution in [3.63, 3.8) is 0 Å². The van der Waals surface area contributed by atoms with Crippen LogP contribution >= 0.6 is 0 Å². The van der Waals surface area contributed by atoms with Crippen LogP contribution in [0.2, 0.25) is 6.32 Å². The molecule has 0 unspecified atom stereocenters. The standard InChI is InChI=1S/C12H25B/c1-11(10-12(2,3)4)8-6-5-7-9-13/h1,5-10,13H2,2-4H3. The molecule has 13 heavy (non-hydrogen) atoms. The van der Waals surface area contributed by atoms with Crippen LogP contribution in [0.4, 0.5) is 0 Å². The first-order chi connectivity index (χ1) is 5.95. The number of hydrogen-bond donors (Lipinski definition) is 0. The van der Waals surface area contributed by atoms with Gasteiger partial charge in [0.2, 0.25) is 0 Å². The summed E-state index contributed by atoms with van der Waals surface area (Å²) in [4.78, 5) is 0. The molecule has 0 N–H and O–H groups in total. The highest BCUT2D eigenvalue weighted by Crippen LogP contribution is 2.25. The highest BCUT2D eigenvalue weighted by molar-refractivity contribution is 6.08. The van der Waals surface area contributed by atoms with Crippen LogP contribution in [0.1, 0.15) is 52.9 Å². The Kier molecular flexibility index (Phi) is 6.19. The van der Waals surface area contributed by atoms with Gasteiger partial charge in [0.15, 0.2) is 0 Å². The van der Waals surface area contributed by atoms with Gasteiger partial charge in [0.1, 0.15) is 7.85 Å². The SMILES string of the molecule is BCCCCCC(=C)CC(C)(C)C. The third-order valence-electron chi connectivity index (χ3n) is 2.16. The summed E-state index contributed by atoms with van der Waals surface area (Å²) in [5.74, 6) is 0. The van der Waals surface area contributed by atoms with Gasteiger partial charge in [-0.1, -0.05) is 52.1 Å². The van der Waals surface area contributed by atoms with Crippen LogP contribution in [0, 0.1) is 5.41 Å². The fourth-order valence-corrected chi connectivity index (χ4v) is 1.64. The minimum absolute atomic E-state index is 0.418. The zero-order valence-corrected chi connectivity index (χ0v) is 9.95. The Hall–Kier alpha value is -0.195. The highest BCUT2D eigenvalue weighted by Gasteiger charge is 2.11. The minimum Gasteiger partial charge on any atom is -0.0998 e. The van der Waals surface area contributed by atoms with E-state index in [9.17, 15) is 0 Å². The van der Waals surface area contributed by atoms with Gasteiger partial charge >= 0.3 is 0 Å². The summed E-state index contributed by atoms with van der Waals surface area (Å²) in [6.07, 6.45) is 7.83. The number of rotatable bonds is 6. The van der Waals surface area contributed by atoms with E-state index in [1.807, 2.05) is 0 Å². The zero-order valence-electron chi connectivity index (χ0n) is 9.95. The average molecular weight is 180 g/mol. The Morgan fingerprint density at radius 1 is 1.15 bits per heavy atom. The van der Waals surface area contributed by atoms with E-state index in [0.29, 0.717) is 5.41 Å². The molecule has 0 bridgehead atoms. The predicted molar refractivity (Wildman–Crippen MR) is 65.0 cm³/mol. The summed E-state index contributed by atoms with van der Waals surface area (Å²) in [6.45, 7) is 11.0. The van der Waals surface area contributed by atoms with Crippen LogP contribution in [0.15, 0.2) is 12.2 Å². The van der Waals surface area contributed by atoms with Crippen molar-refractivity contribution in [3.8, 4) is 0 Å². The predicted octanol–water partition coefficient (Wildman–Crippen LogP) is 3.59. The molecule has 0 aliphatic carbocycles. The number of allylic oxidation sites excluding steroid dienone is 1. The quantitative estimate of drug-likeness (QED) is 0.333. The number of unbranched alkanes of at least 4 members (excludes halogenated alkanes) is 2. The third kappa shape index (κ3) is 9.72. The molecule has 0 aromatic rings. The monoisotopic (exact) mass is 180 g/mol. The normalized spacial score (nSPS) is 11.6. The van der Waals surface area contributed by atoms with E-state index in [1.54, 1.807) is 0 Å². The van der Waals surface area contributed by atoms with Crippen molar-refractivity contribution in [3.05, 3.63) is 12.2 Å². The Bertz CT molecular complexity index is 142. The largest absolute Gasteiger partial charge is 0.101 e. The third-order valence-corrected chi connectivity index (χ3v) is 2.16. The van der Waals surface area contributed by atoms with Gasteiger partial charge < -0.3 is 0 Å². The molecule has 0 aliphatic heterocycles. The van der Waals surface area contributed by atoms with Crippen molar-refractivity contribution in [1.29, 1.82) is 0 Å². The van der Waals surface area contributed by atoms with Crippen LogP contribution in [0.25, 0.3) is 0 Å². The fourth-order valence-electron chi connectivity index (χ4n) is 1.64. The molecule has 0 saturated carbocycles. The second-order valence-corrected chi connectivity index (χ2v) is 5.30. The Balaban J connectivity index is 3.41. The van der Waals surface area contributed by atoms with E-state index in [1.165, 1.54) is 44.0 Å². The van der Waals surface area contributed by atoms with Gasteiger partial charge in [0, 0.05) is 0 Å². The smallest absolute Gasteiger partial charge is 0.0998 e. The minimum atomic E-state index is 0.418. The summed E-state index contributed by atoms with van der Waals surface area (Å²) >= 11 is 0. The lowest BCUT2D eigenvalue weighted by Crippen LogP contribution is -2.05. The maximum atomic E-state index is 4.14. The van der Waals surface area contributed by atoms with Gasteiger partial charge in [-0.25, -0.2) is 0 Å². The summed E-state index contributed by atoms with van der Waals surface area (Å²) in [6, 6.07) is 0. The maximum Gasteiger partial charge on any atom is 0.101 e. The fraction of sp³-hybridized carbons (Fsp3) is 0.833. The lowest BCUT2D eigenvalue weighted by atomic mass is 9.86. The van der Waals surface area contributed by atoms with Gasteiger partial charge in [-0.3, -0.25) is 0 Å². The van der Waals surface area contributed by atoms with E-state index in [2.05, 4.69) is 35.2 Å². The van der Waals surface area contributed by atoms with Crippen LogP contribution < -0.4 is 0 Å². The second kappa shape index (κ2) is 6.29. The topological polar surface area (TPSA) is 0 Å². The first-order valence-corrected chi connectivity index (χ1v) is 5.62. The first-order valence-electron chi connectivity index (χ1n) is 5.62. The molecule has 0 saturated heterocycles. The van der Waals surface area contributed by atoms with Crippen LogP contribution in [0.5, 0.6) is 0 Å². The van der Waals surface area contributed by atoms with Gasteiger partial charge in [0.25, 0.3) is 0 Å².